The van der Waals surface area contributed by atoms with E-state index in [1.165, 1.54) is 25.7 Å². The standard InChI is InChI=1S/C7H14N2/c8-7-3-1-6(2-4-7)9-5-7/h6,9H,1-5,8H2. The Labute approximate surface area is 55.8 Å². The van der Waals surface area contributed by atoms with Crippen molar-refractivity contribution in [2.24, 2.45) is 5.73 Å². The van der Waals surface area contributed by atoms with Crippen molar-refractivity contribution in [2.45, 2.75) is 37.3 Å². The molecule has 1 saturated carbocycles. The molecule has 2 nitrogen and oxygen atoms in total. The van der Waals surface area contributed by atoms with Crippen LogP contribution >= 0.6 is 0 Å². The van der Waals surface area contributed by atoms with Gasteiger partial charge in [-0.2, -0.15) is 0 Å². The zero-order chi connectivity index (χ0) is 6.32. The van der Waals surface area contributed by atoms with Crippen molar-refractivity contribution in [2.75, 3.05) is 6.54 Å². The lowest BCUT2D eigenvalue weighted by molar-refractivity contribution is 0.176. The van der Waals surface area contributed by atoms with Crippen LogP contribution in [0.4, 0.5) is 0 Å². The van der Waals surface area contributed by atoms with E-state index < -0.39 is 0 Å². The Bertz CT molecular complexity index is 100. The van der Waals surface area contributed by atoms with Crippen molar-refractivity contribution in [1.82, 2.24) is 5.32 Å². The van der Waals surface area contributed by atoms with E-state index in [0.29, 0.717) is 0 Å². The predicted octanol–water partition coefficient (Wildman–Crippen LogP) is 0.230. The van der Waals surface area contributed by atoms with Crippen LogP contribution in [0.5, 0.6) is 0 Å². The molecule has 2 heteroatoms. The predicted molar refractivity (Wildman–Crippen MR) is 37.2 cm³/mol. The van der Waals surface area contributed by atoms with E-state index >= 15 is 0 Å². The molecule has 0 atom stereocenters. The molecule has 3 N–H and O–H groups in total. The number of nitrogens with one attached hydrogen (secondary N) is 1. The Morgan fingerprint density at radius 3 is 2.22 bits per heavy atom. The average Bonchev–Trinajstić information content (AvgIpc) is 1.90. The fourth-order valence-electron chi connectivity index (χ4n) is 1.92. The summed E-state index contributed by atoms with van der Waals surface area (Å²) in [6, 6.07) is 0.801. The van der Waals surface area contributed by atoms with Gasteiger partial charge in [0.15, 0.2) is 0 Å². The van der Waals surface area contributed by atoms with Crippen LogP contribution in [0.1, 0.15) is 25.7 Å². The van der Waals surface area contributed by atoms with Gasteiger partial charge < -0.3 is 11.1 Å². The topological polar surface area (TPSA) is 38.0 Å². The van der Waals surface area contributed by atoms with Crippen LogP contribution < -0.4 is 11.1 Å². The minimum atomic E-state index is 0.175. The molecule has 2 bridgehead atoms. The zero-order valence-corrected chi connectivity index (χ0v) is 5.69. The summed E-state index contributed by atoms with van der Waals surface area (Å²) in [5.41, 5.74) is 6.21. The first kappa shape index (κ1) is 5.69. The van der Waals surface area contributed by atoms with Crippen molar-refractivity contribution < 1.29 is 0 Å². The minimum Gasteiger partial charge on any atom is -0.324 e. The molecule has 2 saturated heterocycles. The van der Waals surface area contributed by atoms with Gasteiger partial charge in [0, 0.05) is 18.1 Å². The second kappa shape index (κ2) is 1.70. The van der Waals surface area contributed by atoms with Gasteiger partial charge in [-0.25, -0.2) is 0 Å². The molecule has 0 radical (unpaired) electrons. The highest BCUT2D eigenvalue weighted by molar-refractivity contribution is 4.99. The van der Waals surface area contributed by atoms with Gasteiger partial charge in [0.2, 0.25) is 0 Å². The average molecular weight is 126 g/mol. The lowest BCUT2D eigenvalue weighted by Crippen LogP contribution is -2.60. The smallest absolute Gasteiger partial charge is 0.0282 e. The van der Waals surface area contributed by atoms with Gasteiger partial charge in [-0.05, 0) is 25.7 Å². The van der Waals surface area contributed by atoms with E-state index in [0.717, 1.165) is 12.6 Å². The SMILES string of the molecule is NC12CCC(CC1)NC2. The first-order valence-electron chi connectivity index (χ1n) is 3.81. The van der Waals surface area contributed by atoms with Gasteiger partial charge in [-0.15, -0.1) is 0 Å². The van der Waals surface area contributed by atoms with Crippen LogP contribution in [0.25, 0.3) is 0 Å². The maximum atomic E-state index is 6.03. The Kier molecular flexibility index (Phi) is 1.08. The summed E-state index contributed by atoms with van der Waals surface area (Å²) in [4.78, 5) is 0. The summed E-state index contributed by atoms with van der Waals surface area (Å²) < 4.78 is 0. The van der Waals surface area contributed by atoms with Crippen LogP contribution in [-0.2, 0) is 0 Å². The van der Waals surface area contributed by atoms with E-state index in [9.17, 15) is 0 Å². The summed E-state index contributed by atoms with van der Waals surface area (Å²) in [5.74, 6) is 0. The van der Waals surface area contributed by atoms with Crippen molar-refractivity contribution in [3.63, 3.8) is 0 Å². The lowest BCUT2D eigenvalue weighted by atomic mass is 9.76. The molecule has 0 aromatic heterocycles. The second-order valence-corrected chi connectivity index (χ2v) is 3.52. The van der Waals surface area contributed by atoms with Gasteiger partial charge in [-0.1, -0.05) is 0 Å². The summed E-state index contributed by atoms with van der Waals surface area (Å²) in [5, 5.41) is 3.43. The van der Waals surface area contributed by atoms with Gasteiger partial charge >= 0.3 is 0 Å². The highest BCUT2D eigenvalue weighted by atomic mass is 15.0. The van der Waals surface area contributed by atoms with E-state index in [2.05, 4.69) is 5.32 Å². The molecule has 52 valence electrons. The fourth-order valence-corrected chi connectivity index (χ4v) is 1.92. The lowest BCUT2D eigenvalue weighted by Gasteiger charge is -2.44. The molecule has 0 aromatic carbocycles. The molecule has 9 heavy (non-hydrogen) atoms. The molecule has 3 aliphatic rings. The van der Waals surface area contributed by atoms with E-state index in [-0.39, 0.29) is 5.54 Å². The van der Waals surface area contributed by atoms with Crippen LogP contribution in [0.3, 0.4) is 0 Å². The summed E-state index contributed by atoms with van der Waals surface area (Å²) in [7, 11) is 0. The third-order valence-corrected chi connectivity index (χ3v) is 2.72. The maximum Gasteiger partial charge on any atom is 0.0282 e. The van der Waals surface area contributed by atoms with Gasteiger partial charge in [-0.3, -0.25) is 0 Å². The minimum absolute atomic E-state index is 0.175. The number of hydrogen-bond donors (Lipinski definition) is 2. The normalized spacial score (nSPS) is 49.7. The van der Waals surface area contributed by atoms with Crippen molar-refractivity contribution >= 4 is 0 Å². The Balaban J connectivity index is 2.11. The third-order valence-electron chi connectivity index (χ3n) is 2.72. The van der Waals surface area contributed by atoms with Crippen molar-refractivity contribution in [3.8, 4) is 0 Å². The molecular weight excluding hydrogens is 112 g/mol. The first-order valence-corrected chi connectivity index (χ1v) is 3.81. The number of rotatable bonds is 0. The highest BCUT2D eigenvalue weighted by Gasteiger charge is 2.36. The Hall–Kier alpha value is -0.0800. The molecular formula is C7H14N2. The molecule has 3 fully saturated rings. The third kappa shape index (κ3) is 0.864. The largest absolute Gasteiger partial charge is 0.324 e. The fraction of sp³-hybridized carbons (Fsp3) is 1.00. The van der Waals surface area contributed by atoms with Crippen LogP contribution in [0, 0.1) is 0 Å². The maximum absolute atomic E-state index is 6.03. The van der Waals surface area contributed by atoms with Gasteiger partial charge in [0.05, 0.1) is 0 Å². The van der Waals surface area contributed by atoms with Crippen molar-refractivity contribution in [3.05, 3.63) is 0 Å². The van der Waals surface area contributed by atoms with Crippen LogP contribution in [0.2, 0.25) is 0 Å². The first-order chi connectivity index (χ1) is 4.29. The van der Waals surface area contributed by atoms with Crippen LogP contribution in [-0.4, -0.2) is 18.1 Å². The quantitative estimate of drug-likeness (QED) is 0.487. The number of fused-ring (bicyclic) bond motifs is 3. The second-order valence-electron chi connectivity index (χ2n) is 3.52. The molecule has 0 aromatic rings. The molecule has 2 heterocycles. The Morgan fingerprint density at radius 1 is 1.33 bits per heavy atom. The molecule has 0 unspecified atom stereocenters. The van der Waals surface area contributed by atoms with Gasteiger partial charge in [0.1, 0.15) is 0 Å². The Morgan fingerprint density at radius 2 is 2.00 bits per heavy atom. The molecule has 1 aliphatic carbocycles. The molecule has 3 rings (SSSR count). The molecule has 2 aliphatic heterocycles. The van der Waals surface area contributed by atoms with E-state index in [1.54, 1.807) is 0 Å². The summed E-state index contributed by atoms with van der Waals surface area (Å²) >= 11 is 0. The number of hydrogen-bond acceptors (Lipinski definition) is 2. The summed E-state index contributed by atoms with van der Waals surface area (Å²) in [6.07, 6.45) is 5.09. The zero-order valence-electron chi connectivity index (χ0n) is 5.69. The highest BCUT2D eigenvalue weighted by Crippen LogP contribution is 2.30. The van der Waals surface area contributed by atoms with Crippen LogP contribution in [0.15, 0.2) is 0 Å². The molecule has 0 spiro atoms. The van der Waals surface area contributed by atoms with Gasteiger partial charge in [0.25, 0.3) is 0 Å². The number of piperidine rings is 2. The monoisotopic (exact) mass is 126 g/mol. The molecule has 0 amide bonds. The van der Waals surface area contributed by atoms with Crippen molar-refractivity contribution in [1.29, 1.82) is 0 Å². The van der Waals surface area contributed by atoms with E-state index in [1.807, 2.05) is 0 Å². The number of nitrogens with two attached hydrogens (primary N) is 1. The summed E-state index contributed by atoms with van der Waals surface area (Å²) in [6.45, 7) is 1.05. The van der Waals surface area contributed by atoms with E-state index in [4.69, 9.17) is 5.73 Å².